The lowest BCUT2D eigenvalue weighted by atomic mass is 9.98. The number of furan rings is 1. The highest BCUT2D eigenvalue weighted by Gasteiger charge is 2.20. The van der Waals surface area contributed by atoms with Crippen molar-refractivity contribution in [3.05, 3.63) is 71.5 Å². The van der Waals surface area contributed by atoms with Gasteiger partial charge in [0.2, 0.25) is 0 Å². The molecule has 0 atom stereocenters. The molecule has 0 aliphatic carbocycles. The zero-order valence-electron chi connectivity index (χ0n) is 18.6. The Hall–Kier alpha value is -3.93. The van der Waals surface area contributed by atoms with Crippen LogP contribution in [0.25, 0.3) is 33.4 Å². The number of fused-ring (bicyclic) bond motifs is 1. The highest BCUT2D eigenvalue weighted by Crippen LogP contribution is 2.41. The van der Waals surface area contributed by atoms with Crippen LogP contribution in [-0.2, 0) is 0 Å². The first-order valence-electron chi connectivity index (χ1n) is 10.5. The van der Waals surface area contributed by atoms with Crippen LogP contribution in [0, 0.1) is 11.7 Å². The second-order valence-electron chi connectivity index (χ2n) is 8.09. The van der Waals surface area contributed by atoms with Crippen LogP contribution < -0.4 is 9.47 Å². The minimum atomic E-state index is -0.375. The van der Waals surface area contributed by atoms with E-state index >= 15 is 0 Å². The third-order valence-electron chi connectivity index (χ3n) is 5.29. The molecule has 0 spiro atoms. The summed E-state index contributed by atoms with van der Waals surface area (Å²) in [5.74, 6) is 1.30. The predicted molar refractivity (Wildman–Crippen MR) is 125 cm³/mol. The average molecular weight is 446 g/mol. The Morgan fingerprint density at radius 1 is 0.939 bits per heavy atom. The smallest absolute Gasteiger partial charge is 0.154 e. The summed E-state index contributed by atoms with van der Waals surface area (Å²) in [5.41, 5.74) is 3.28. The molecule has 0 aliphatic rings. The summed E-state index contributed by atoms with van der Waals surface area (Å²) in [6.07, 6.45) is 1.46. The largest absolute Gasteiger partial charge is 0.496 e. The number of hydrogen-bond acceptors (Lipinski definition) is 5. The van der Waals surface area contributed by atoms with Crippen molar-refractivity contribution in [3.8, 4) is 33.9 Å². The second kappa shape index (κ2) is 9.28. The fraction of sp³-hybridized carbons (Fsp3) is 0.185. The molecule has 0 radical (unpaired) electrons. The van der Waals surface area contributed by atoms with Gasteiger partial charge in [0, 0.05) is 22.6 Å². The quantitative estimate of drug-likeness (QED) is 0.286. The molecule has 5 nitrogen and oxygen atoms in total. The Morgan fingerprint density at radius 2 is 1.67 bits per heavy atom. The lowest BCUT2D eigenvalue weighted by molar-refractivity contribution is 0.111. The Morgan fingerprint density at radius 3 is 2.30 bits per heavy atom. The normalized spacial score (nSPS) is 11.1. The summed E-state index contributed by atoms with van der Waals surface area (Å²) in [5, 5.41) is 0.597. The van der Waals surface area contributed by atoms with Gasteiger partial charge < -0.3 is 13.9 Å². The SMILES string of the molecule is COc1ccc(-c2cc3c(C=O)c(-c4ccc(F)cc4)oc3cc2OCC(C)C)cc1C=O. The Labute approximate surface area is 190 Å². The molecule has 0 fully saturated rings. The lowest BCUT2D eigenvalue weighted by Gasteiger charge is -2.14. The van der Waals surface area contributed by atoms with E-state index in [0.29, 0.717) is 57.1 Å². The van der Waals surface area contributed by atoms with E-state index < -0.39 is 0 Å². The van der Waals surface area contributed by atoms with Crippen molar-refractivity contribution in [3.63, 3.8) is 0 Å². The Kier molecular flexibility index (Phi) is 6.27. The van der Waals surface area contributed by atoms with Gasteiger partial charge in [0.1, 0.15) is 28.7 Å². The van der Waals surface area contributed by atoms with Crippen LogP contribution in [0.4, 0.5) is 4.39 Å². The minimum Gasteiger partial charge on any atom is -0.496 e. The van der Waals surface area contributed by atoms with Gasteiger partial charge in [0.25, 0.3) is 0 Å². The first-order valence-corrected chi connectivity index (χ1v) is 10.5. The van der Waals surface area contributed by atoms with Crippen LogP contribution in [-0.4, -0.2) is 26.3 Å². The highest BCUT2D eigenvalue weighted by atomic mass is 19.1. The van der Waals surface area contributed by atoms with E-state index in [9.17, 15) is 14.0 Å². The molecule has 6 heteroatoms. The molecule has 0 saturated carbocycles. The Balaban J connectivity index is 1.94. The molecule has 3 aromatic carbocycles. The topological polar surface area (TPSA) is 65.7 Å². The maximum Gasteiger partial charge on any atom is 0.154 e. The van der Waals surface area contributed by atoms with Crippen LogP contribution in [0.15, 0.2) is 59.0 Å². The molecule has 168 valence electrons. The first-order chi connectivity index (χ1) is 15.9. The molecule has 0 saturated heterocycles. The summed E-state index contributed by atoms with van der Waals surface area (Å²) in [6, 6.07) is 14.6. The van der Waals surface area contributed by atoms with Gasteiger partial charge >= 0.3 is 0 Å². The summed E-state index contributed by atoms with van der Waals surface area (Å²) < 4.78 is 30.8. The zero-order valence-corrected chi connectivity index (χ0v) is 18.6. The molecule has 33 heavy (non-hydrogen) atoms. The number of rotatable bonds is 8. The summed E-state index contributed by atoms with van der Waals surface area (Å²) in [7, 11) is 1.50. The van der Waals surface area contributed by atoms with Gasteiger partial charge in [-0.3, -0.25) is 9.59 Å². The molecule has 4 rings (SSSR count). The fourth-order valence-corrected chi connectivity index (χ4v) is 3.67. The van der Waals surface area contributed by atoms with Crippen molar-refractivity contribution in [2.24, 2.45) is 5.92 Å². The minimum absolute atomic E-state index is 0.284. The van der Waals surface area contributed by atoms with Crippen LogP contribution in [0.1, 0.15) is 34.6 Å². The molecule has 0 unspecified atom stereocenters. The maximum atomic E-state index is 13.4. The Bertz CT molecular complexity index is 1320. The van der Waals surface area contributed by atoms with Crippen molar-refractivity contribution in [1.29, 1.82) is 0 Å². The number of halogens is 1. The van der Waals surface area contributed by atoms with Gasteiger partial charge in [-0.2, -0.15) is 0 Å². The van der Waals surface area contributed by atoms with Gasteiger partial charge in [0.05, 0.1) is 24.8 Å². The van der Waals surface area contributed by atoms with Crippen molar-refractivity contribution >= 4 is 23.5 Å². The summed E-state index contributed by atoms with van der Waals surface area (Å²) >= 11 is 0. The number of methoxy groups -OCH3 is 1. The van der Waals surface area contributed by atoms with Crippen molar-refractivity contribution in [2.45, 2.75) is 13.8 Å². The summed E-state index contributed by atoms with van der Waals surface area (Å²) in [6.45, 7) is 4.56. The third kappa shape index (κ3) is 4.37. The monoisotopic (exact) mass is 446 g/mol. The molecule has 0 aliphatic heterocycles. The number of aldehydes is 2. The number of hydrogen-bond donors (Lipinski definition) is 0. The van der Waals surface area contributed by atoms with Crippen molar-refractivity contribution < 1.29 is 27.9 Å². The van der Waals surface area contributed by atoms with E-state index in [1.807, 2.05) is 26.0 Å². The maximum absolute atomic E-state index is 13.4. The van der Waals surface area contributed by atoms with Gasteiger partial charge in [-0.05, 0) is 53.9 Å². The van der Waals surface area contributed by atoms with E-state index in [1.165, 1.54) is 19.2 Å². The van der Waals surface area contributed by atoms with Gasteiger partial charge in [-0.1, -0.05) is 19.9 Å². The van der Waals surface area contributed by atoms with Gasteiger partial charge in [-0.15, -0.1) is 0 Å². The molecule has 0 N–H and O–H groups in total. The van der Waals surface area contributed by atoms with Gasteiger partial charge in [-0.25, -0.2) is 4.39 Å². The standard InChI is InChI=1S/C27H23FO5/c1-16(2)15-32-25-12-26-22(11-21(25)18-6-9-24(31-3)19(10-18)13-29)23(14-30)27(33-26)17-4-7-20(28)8-5-17/h4-14,16H,15H2,1-3H3. The predicted octanol–water partition coefficient (Wildman–Crippen LogP) is 6.57. The van der Waals surface area contributed by atoms with E-state index in [-0.39, 0.29) is 11.7 Å². The first kappa shape index (κ1) is 22.3. The van der Waals surface area contributed by atoms with Crippen molar-refractivity contribution in [2.75, 3.05) is 13.7 Å². The number of benzene rings is 3. The van der Waals surface area contributed by atoms with E-state index in [4.69, 9.17) is 13.9 Å². The van der Waals surface area contributed by atoms with E-state index in [0.717, 1.165) is 18.1 Å². The van der Waals surface area contributed by atoms with Crippen LogP contribution in [0.3, 0.4) is 0 Å². The molecule has 1 aromatic heterocycles. The molecular weight excluding hydrogens is 423 g/mol. The zero-order chi connectivity index (χ0) is 23.5. The molecule has 4 aromatic rings. The van der Waals surface area contributed by atoms with Crippen LogP contribution in [0.5, 0.6) is 11.5 Å². The average Bonchev–Trinajstić information content (AvgIpc) is 3.19. The number of carbonyl (C=O) groups is 2. The number of ether oxygens (including phenoxy) is 2. The second-order valence-corrected chi connectivity index (χ2v) is 8.09. The molecule has 0 bridgehead atoms. The fourth-order valence-electron chi connectivity index (χ4n) is 3.67. The van der Waals surface area contributed by atoms with Crippen LogP contribution in [0.2, 0.25) is 0 Å². The third-order valence-corrected chi connectivity index (χ3v) is 5.29. The highest BCUT2D eigenvalue weighted by molar-refractivity contribution is 6.05. The molecular formula is C27H23FO5. The van der Waals surface area contributed by atoms with Crippen molar-refractivity contribution in [1.82, 2.24) is 0 Å². The molecule has 0 amide bonds. The molecule has 1 heterocycles. The van der Waals surface area contributed by atoms with Gasteiger partial charge in [0.15, 0.2) is 12.6 Å². The van der Waals surface area contributed by atoms with E-state index in [1.54, 1.807) is 30.3 Å². The number of carbonyl (C=O) groups excluding carboxylic acids is 2. The van der Waals surface area contributed by atoms with Crippen LogP contribution >= 0.6 is 0 Å². The van der Waals surface area contributed by atoms with E-state index in [2.05, 4.69) is 0 Å². The lowest BCUT2D eigenvalue weighted by Crippen LogP contribution is -2.05. The summed E-state index contributed by atoms with van der Waals surface area (Å²) in [4.78, 5) is 23.6.